The number of nitrogens with one attached hydrogen (secondary N) is 1. The van der Waals surface area contributed by atoms with E-state index in [4.69, 9.17) is 4.52 Å². The van der Waals surface area contributed by atoms with E-state index in [-0.39, 0.29) is 5.91 Å². The van der Waals surface area contributed by atoms with E-state index in [0.29, 0.717) is 31.3 Å². The first-order valence-electron chi connectivity index (χ1n) is 6.95. The van der Waals surface area contributed by atoms with Crippen LogP contribution in [0.4, 0.5) is 0 Å². The maximum Gasteiger partial charge on any atom is 0.241 e. The number of pyridine rings is 1. The molecule has 21 heavy (non-hydrogen) atoms. The van der Waals surface area contributed by atoms with E-state index < -0.39 is 0 Å². The van der Waals surface area contributed by atoms with Crippen molar-refractivity contribution in [3.8, 4) is 11.4 Å². The van der Waals surface area contributed by atoms with Crippen LogP contribution >= 0.6 is 0 Å². The molecule has 0 fully saturated rings. The van der Waals surface area contributed by atoms with E-state index in [1.54, 1.807) is 12.4 Å². The monoisotopic (exact) mass is 289 g/mol. The van der Waals surface area contributed by atoms with Crippen LogP contribution in [0.1, 0.15) is 19.7 Å². The highest BCUT2D eigenvalue weighted by Gasteiger charge is 2.14. The first kappa shape index (κ1) is 15.1. The molecule has 0 saturated heterocycles. The van der Waals surface area contributed by atoms with Crippen molar-refractivity contribution in [1.29, 1.82) is 0 Å². The highest BCUT2D eigenvalue weighted by molar-refractivity contribution is 5.77. The predicted octanol–water partition coefficient (Wildman–Crippen LogP) is 1.09. The molecule has 0 bridgehead atoms. The summed E-state index contributed by atoms with van der Waals surface area (Å²) in [4.78, 5) is 21.9. The molecule has 0 radical (unpaired) electrons. The van der Waals surface area contributed by atoms with Crippen LogP contribution < -0.4 is 5.32 Å². The molecular formula is C14H19N5O2. The normalized spacial score (nSPS) is 10.8. The first-order chi connectivity index (χ1) is 10.2. The SMILES string of the molecule is CCNC(=O)CN(CC)Cc1nc(-c2cccnc2)no1. The fourth-order valence-corrected chi connectivity index (χ4v) is 1.86. The van der Waals surface area contributed by atoms with Crippen LogP contribution in [-0.2, 0) is 11.3 Å². The van der Waals surface area contributed by atoms with E-state index in [2.05, 4.69) is 20.4 Å². The summed E-state index contributed by atoms with van der Waals surface area (Å²) >= 11 is 0. The largest absolute Gasteiger partial charge is 0.355 e. The van der Waals surface area contributed by atoms with Crippen molar-refractivity contribution in [1.82, 2.24) is 25.3 Å². The second-order valence-corrected chi connectivity index (χ2v) is 4.51. The van der Waals surface area contributed by atoms with Gasteiger partial charge in [0.15, 0.2) is 0 Å². The summed E-state index contributed by atoms with van der Waals surface area (Å²) < 4.78 is 5.23. The van der Waals surface area contributed by atoms with Crippen LogP contribution in [0.2, 0.25) is 0 Å². The van der Waals surface area contributed by atoms with Gasteiger partial charge in [-0.3, -0.25) is 14.7 Å². The Morgan fingerprint density at radius 2 is 2.29 bits per heavy atom. The van der Waals surface area contributed by atoms with Crippen LogP contribution in [0.25, 0.3) is 11.4 Å². The topological polar surface area (TPSA) is 84.2 Å². The van der Waals surface area contributed by atoms with Crippen molar-refractivity contribution in [3.05, 3.63) is 30.4 Å². The van der Waals surface area contributed by atoms with Crippen molar-refractivity contribution in [3.63, 3.8) is 0 Å². The van der Waals surface area contributed by atoms with Gasteiger partial charge in [0.25, 0.3) is 0 Å². The van der Waals surface area contributed by atoms with Gasteiger partial charge in [0.05, 0.1) is 13.1 Å². The van der Waals surface area contributed by atoms with E-state index >= 15 is 0 Å². The molecule has 0 saturated carbocycles. The zero-order valence-electron chi connectivity index (χ0n) is 12.2. The third-order valence-corrected chi connectivity index (χ3v) is 2.94. The van der Waals surface area contributed by atoms with Gasteiger partial charge in [0.1, 0.15) is 0 Å². The third-order valence-electron chi connectivity index (χ3n) is 2.94. The highest BCUT2D eigenvalue weighted by Crippen LogP contribution is 2.14. The van der Waals surface area contributed by atoms with Gasteiger partial charge in [-0.05, 0) is 25.6 Å². The van der Waals surface area contributed by atoms with Gasteiger partial charge < -0.3 is 9.84 Å². The van der Waals surface area contributed by atoms with Crippen molar-refractivity contribution < 1.29 is 9.32 Å². The number of amides is 1. The number of hydrogen-bond donors (Lipinski definition) is 1. The van der Waals surface area contributed by atoms with Crippen LogP contribution in [0, 0.1) is 0 Å². The Morgan fingerprint density at radius 3 is 2.95 bits per heavy atom. The van der Waals surface area contributed by atoms with Gasteiger partial charge in [0.2, 0.25) is 17.6 Å². The summed E-state index contributed by atoms with van der Waals surface area (Å²) in [6.07, 6.45) is 3.37. The van der Waals surface area contributed by atoms with Crippen LogP contribution in [0.3, 0.4) is 0 Å². The summed E-state index contributed by atoms with van der Waals surface area (Å²) in [5, 5.41) is 6.71. The van der Waals surface area contributed by atoms with Gasteiger partial charge in [-0.15, -0.1) is 0 Å². The number of rotatable bonds is 7. The van der Waals surface area contributed by atoms with Gasteiger partial charge in [-0.1, -0.05) is 12.1 Å². The van der Waals surface area contributed by atoms with Gasteiger partial charge in [-0.25, -0.2) is 0 Å². The van der Waals surface area contributed by atoms with Crippen molar-refractivity contribution in [2.75, 3.05) is 19.6 Å². The molecule has 2 heterocycles. The lowest BCUT2D eigenvalue weighted by molar-refractivity contribution is -0.122. The van der Waals surface area contributed by atoms with E-state index in [1.807, 2.05) is 30.9 Å². The van der Waals surface area contributed by atoms with E-state index in [1.165, 1.54) is 0 Å². The molecule has 0 aliphatic heterocycles. The summed E-state index contributed by atoms with van der Waals surface area (Å²) in [6.45, 7) is 5.99. The minimum absolute atomic E-state index is 0.00801. The van der Waals surface area contributed by atoms with Crippen LogP contribution in [0.15, 0.2) is 29.0 Å². The number of carbonyl (C=O) groups excluding carboxylic acids is 1. The maximum absolute atomic E-state index is 11.6. The molecular weight excluding hydrogens is 270 g/mol. The average molecular weight is 289 g/mol. The van der Waals surface area contributed by atoms with E-state index in [9.17, 15) is 4.79 Å². The van der Waals surface area contributed by atoms with Crippen LogP contribution in [0.5, 0.6) is 0 Å². The number of likely N-dealkylation sites (N-methyl/N-ethyl adjacent to an activating group) is 2. The Hall–Kier alpha value is -2.28. The Kier molecular flexibility index (Phi) is 5.39. The summed E-state index contributed by atoms with van der Waals surface area (Å²) in [5.74, 6) is 0.985. The molecule has 112 valence electrons. The van der Waals surface area contributed by atoms with Crippen LogP contribution in [-0.4, -0.2) is 45.6 Å². The predicted molar refractivity (Wildman–Crippen MR) is 77.2 cm³/mol. The smallest absolute Gasteiger partial charge is 0.241 e. The highest BCUT2D eigenvalue weighted by atomic mass is 16.5. The molecule has 7 nitrogen and oxygen atoms in total. The molecule has 2 rings (SSSR count). The standard InChI is InChI=1S/C14H19N5O2/c1-3-16-12(20)9-19(4-2)10-13-17-14(18-21-13)11-6-5-7-15-8-11/h5-8H,3-4,9-10H2,1-2H3,(H,16,20). The first-order valence-corrected chi connectivity index (χ1v) is 6.95. The van der Waals surface area contributed by atoms with Crippen molar-refractivity contribution >= 4 is 5.91 Å². The lowest BCUT2D eigenvalue weighted by Gasteiger charge is -2.17. The number of nitrogens with zero attached hydrogens (tertiary/aromatic N) is 4. The third kappa shape index (κ3) is 4.35. The molecule has 2 aromatic heterocycles. The second kappa shape index (κ2) is 7.49. The van der Waals surface area contributed by atoms with Crippen molar-refractivity contribution in [2.24, 2.45) is 0 Å². The Balaban J connectivity index is 1.99. The number of aromatic nitrogens is 3. The van der Waals surface area contributed by atoms with Gasteiger partial charge >= 0.3 is 0 Å². The summed E-state index contributed by atoms with van der Waals surface area (Å²) in [7, 11) is 0. The fourth-order valence-electron chi connectivity index (χ4n) is 1.86. The number of hydrogen-bond acceptors (Lipinski definition) is 6. The minimum atomic E-state index is -0.00801. The van der Waals surface area contributed by atoms with Crippen molar-refractivity contribution in [2.45, 2.75) is 20.4 Å². The maximum atomic E-state index is 11.6. The summed E-state index contributed by atoms with van der Waals surface area (Å²) in [5.41, 5.74) is 0.805. The molecule has 0 aliphatic rings. The molecule has 2 aromatic rings. The summed E-state index contributed by atoms with van der Waals surface area (Å²) in [6, 6.07) is 3.69. The lowest BCUT2D eigenvalue weighted by Crippen LogP contribution is -2.36. The quantitative estimate of drug-likeness (QED) is 0.821. The minimum Gasteiger partial charge on any atom is -0.355 e. The fraction of sp³-hybridized carbons (Fsp3) is 0.429. The molecule has 0 aliphatic carbocycles. The molecule has 0 spiro atoms. The molecule has 0 atom stereocenters. The molecule has 1 amide bonds. The lowest BCUT2D eigenvalue weighted by atomic mass is 10.3. The van der Waals surface area contributed by atoms with E-state index in [0.717, 1.165) is 12.1 Å². The Morgan fingerprint density at radius 1 is 1.43 bits per heavy atom. The van der Waals surface area contributed by atoms with Gasteiger partial charge in [0, 0.05) is 24.5 Å². The average Bonchev–Trinajstić information content (AvgIpc) is 2.96. The van der Waals surface area contributed by atoms with Gasteiger partial charge in [-0.2, -0.15) is 4.98 Å². The molecule has 7 heteroatoms. The Bertz CT molecular complexity index is 570. The number of carbonyl (C=O) groups is 1. The second-order valence-electron chi connectivity index (χ2n) is 4.51. The molecule has 0 aromatic carbocycles. The zero-order valence-corrected chi connectivity index (χ0v) is 12.2. The zero-order chi connectivity index (χ0) is 15.1. The Labute approximate surface area is 123 Å². The molecule has 0 unspecified atom stereocenters. The molecule has 1 N–H and O–H groups in total.